The van der Waals surface area contributed by atoms with Crippen LogP contribution in [0.25, 0.3) is 17.0 Å². The highest BCUT2D eigenvalue weighted by Crippen LogP contribution is 2.34. The van der Waals surface area contributed by atoms with Crippen molar-refractivity contribution in [1.82, 2.24) is 10.3 Å². The molecule has 0 unspecified atom stereocenters. The molecule has 1 N–H and O–H groups in total. The monoisotopic (exact) mass is 433 g/mol. The molecular formula is C21H15N5O4S. The zero-order valence-electron chi connectivity index (χ0n) is 16.2. The fourth-order valence-electron chi connectivity index (χ4n) is 3.52. The number of amides is 1. The molecule has 0 spiro atoms. The molecule has 0 radical (unpaired) electrons. The summed E-state index contributed by atoms with van der Waals surface area (Å²) >= 11 is 1.32. The lowest BCUT2D eigenvalue weighted by Gasteiger charge is -2.32. The van der Waals surface area contributed by atoms with Crippen LogP contribution in [0.1, 0.15) is 11.9 Å². The van der Waals surface area contributed by atoms with E-state index >= 15 is 0 Å². The zero-order valence-corrected chi connectivity index (χ0v) is 17.0. The second-order valence-electron chi connectivity index (χ2n) is 6.79. The van der Waals surface area contributed by atoms with Gasteiger partial charge in [0.05, 0.1) is 10.3 Å². The quantitative estimate of drug-likeness (QED) is 0.501. The van der Waals surface area contributed by atoms with Crippen LogP contribution in [0.2, 0.25) is 0 Å². The van der Waals surface area contributed by atoms with Crippen LogP contribution in [0, 0.1) is 10.1 Å². The topological polar surface area (TPSA) is 113 Å². The Morgan fingerprint density at radius 1 is 1.16 bits per heavy atom. The third kappa shape index (κ3) is 3.26. The van der Waals surface area contributed by atoms with Crippen LogP contribution in [-0.4, -0.2) is 27.3 Å². The van der Waals surface area contributed by atoms with Crippen LogP contribution in [0.3, 0.4) is 0 Å². The summed E-state index contributed by atoms with van der Waals surface area (Å²) < 4.78 is 6.03. The summed E-state index contributed by atoms with van der Waals surface area (Å²) in [7, 11) is 0. The van der Waals surface area contributed by atoms with E-state index in [-0.39, 0.29) is 11.6 Å². The van der Waals surface area contributed by atoms with Crippen molar-refractivity contribution in [3.05, 3.63) is 87.1 Å². The minimum atomic E-state index is -0.689. The Balaban J connectivity index is 1.63. The molecule has 1 aromatic heterocycles. The van der Waals surface area contributed by atoms with E-state index < -0.39 is 11.1 Å². The van der Waals surface area contributed by atoms with E-state index in [4.69, 9.17) is 9.41 Å². The maximum Gasteiger partial charge on any atom is 0.276 e. The number of nitrogens with one attached hydrogen (secondary N) is 1. The average molecular weight is 433 g/mol. The molecule has 154 valence electrons. The normalized spacial score (nSPS) is 17.3. The standard InChI is InChI=1S/C21H15N5O4S/c1-31-21-23-20(27)18-14-7-2-3-8-15(14)22-19(25(18)24-21)17-10-9-16(30-17)12-5-4-6-13(11-12)26(28)29/h2-11,19H,1H3,(H,23,24,27)/t19-/m0/s1. The van der Waals surface area contributed by atoms with Gasteiger partial charge in [0, 0.05) is 22.9 Å². The van der Waals surface area contributed by atoms with Crippen LogP contribution in [-0.2, 0) is 4.79 Å². The second-order valence-corrected chi connectivity index (χ2v) is 7.58. The van der Waals surface area contributed by atoms with Gasteiger partial charge in [0.1, 0.15) is 11.5 Å². The van der Waals surface area contributed by atoms with Gasteiger partial charge in [0.15, 0.2) is 10.9 Å². The molecule has 2 aromatic carbocycles. The smallest absolute Gasteiger partial charge is 0.276 e. The molecule has 0 saturated carbocycles. The number of hydrogen-bond acceptors (Lipinski definition) is 8. The number of carbonyl (C=O) groups excluding carboxylic acids is 1. The zero-order chi connectivity index (χ0) is 21.5. The van der Waals surface area contributed by atoms with Crippen molar-refractivity contribution in [3.63, 3.8) is 0 Å². The summed E-state index contributed by atoms with van der Waals surface area (Å²) in [6.07, 6.45) is 1.13. The molecule has 31 heavy (non-hydrogen) atoms. The van der Waals surface area contributed by atoms with Gasteiger partial charge in [-0.3, -0.25) is 20.2 Å². The number of hydrogen-bond donors (Lipinski definition) is 1. The summed E-state index contributed by atoms with van der Waals surface area (Å²) in [6.45, 7) is 0. The molecule has 3 heterocycles. The lowest BCUT2D eigenvalue weighted by molar-refractivity contribution is -0.384. The first-order chi connectivity index (χ1) is 15.0. The minimum Gasteiger partial charge on any atom is -0.457 e. The number of carbonyl (C=O) groups is 1. The number of nitro groups is 1. The Bertz CT molecular complexity index is 1380. The Morgan fingerprint density at radius 2 is 2.00 bits per heavy atom. The van der Waals surface area contributed by atoms with Gasteiger partial charge in [0.2, 0.25) is 6.17 Å². The number of amidine groups is 1. The predicted molar refractivity (Wildman–Crippen MR) is 115 cm³/mol. The van der Waals surface area contributed by atoms with Crippen molar-refractivity contribution >= 4 is 34.2 Å². The summed E-state index contributed by atoms with van der Waals surface area (Å²) in [5.41, 5.74) is 0.941. The van der Waals surface area contributed by atoms with Crippen molar-refractivity contribution in [2.75, 3.05) is 6.26 Å². The van der Waals surface area contributed by atoms with E-state index in [0.29, 0.717) is 38.5 Å². The van der Waals surface area contributed by atoms with Gasteiger partial charge in [0.25, 0.3) is 11.6 Å². The first kappa shape index (κ1) is 19.1. The van der Waals surface area contributed by atoms with Crippen LogP contribution < -0.4 is 15.9 Å². The van der Waals surface area contributed by atoms with Gasteiger partial charge in [-0.1, -0.05) is 42.1 Å². The number of hydrazone groups is 1. The largest absolute Gasteiger partial charge is 0.457 e. The molecule has 1 amide bonds. The third-order valence-electron chi connectivity index (χ3n) is 4.93. The number of benzene rings is 2. The molecule has 10 heteroatoms. The van der Waals surface area contributed by atoms with Crippen LogP contribution in [0.15, 0.2) is 75.2 Å². The van der Waals surface area contributed by atoms with E-state index in [0.717, 1.165) is 0 Å². The van der Waals surface area contributed by atoms with E-state index in [1.54, 1.807) is 29.3 Å². The SMILES string of the molecule is CSC1=NN2C(=c3ccccc3=N[C@@H]2c2ccc(-c3cccc([N+](=O)[O-])c3)o2)C(=O)N1. The molecule has 0 aliphatic carbocycles. The van der Waals surface area contributed by atoms with Crippen molar-refractivity contribution in [2.24, 2.45) is 10.1 Å². The number of nitrogens with zero attached hydrogens (tertiary/aromatic N) is 4. The van der Waals surface area contributed by atoms with E-state index in [2.05, 4.69) is 10.4 Å². The lowest BCUT2D eigenvalue weighted by atomic mass is 10.1. The van der Waals surface area contributed by atoms with Gasteiger partial charge < -0.3 is 4.42 Å². The fraction of sp³-hybridized carbons (Fsp3) is 0.0952. The Hall–Kier alpha value is -3.92. The summed E-state index contributed by atoms with van der Waals surface area (Å²) in [5, 5.41) is 21.8. The highest BCUT2D eigenvalue weighted by Gasteiger charge is 2.35. The summed E-state index contributed by atoms with van der Waals surface area (Å²) in [5.74, 6) is 0.661. The molecule has 3 aromatic rings. The first-order valence-corrected chi connectivity index (χ1v) is 10.5. The van der Waals surface area contributed by atoms with Crippen LogP contribution in [0.4, 0.5) is 5.69 Å². The number of thioether (sulfide) groups is 1. The van der Waals surface area contributed by atoms with E-state index in [9.17, 15) is 14.9 Å². The average Bonchev–Trinajstić information content (AvgIpc) is 3.28. The minimum absolute atomic E-state index is 0.0238. The van der Waals surface area contributed by atoms with Gasteiger partial charge in [-0.05, 0) is 24.5 Å². The number of non-ortho nitro benzene ring substituents is 1. The van der Waals surface area contributed by atoms with Crippen molar-refractivity contribution in [3.8, 4) is 11.3 Å². The highest BCUT2D eigenvalue weighted by molar-refractivity contribution is 8.13. The predicted octanol–water partition coefficient (Wildman–Crippen LogP) is 2.36. The summed E-state index contributed by atoms with van der Waals surface area (Å²) in [4.78, 5) is 28.3. The molecule has 9 nitrogen and oxygen atoms in total. The van der Waals surface area contributed by atoms with Crippen LogP contribution >= 0.6 is 11.8 Å². The Morgan fingerprint density at radius 3 is 2.81 bits per heavy atom. The number of rotatable bonds is 3. The number of furan rings is 1. The highest BCUT2D eigenvalue weighted by atomic mass is 32.2. The number of fused-ring (bicyclic) bond motifs is 2. The van der Waals surface area contributed by atoms with Crippen molar-refractivity contribution in [2.45, 2.75) is 6.17 Å². The van der Waals surface area contributed by atoms with Gasteiger partial charge in [-0.15, -0.1) is 5.10 Å². The lowest BCUT2D eigenvalue weighted by Crippen LogP contribution is -2.50. The van der Waals surface area contributed by atoms with Gasteiger partial charge in [-0.2, -0.15) is 0 Å². The molecule has 2 aliphatic rings. The summed E-state index contributed by atoms with van der Waals surface area (Å²) in [6, 6.07) is 17.0. The maximum absolute atomic E-state index is 12.8. The van der Waals surface area contributed by atoms with Gasteiger partial charge in [-0.25, -0.2) is 10.0 Å². The molecule has 0 fully saturated rings. The molecular weight excluding hydrogens is 418 g/mol. The molecule has 0 saturated heterocycles. The molecule has 1 atom stereocenters. The van der Waals surface area contributed by atoms with Crippen molar-refractivity contribution < 1.29 is 14.1 Å². The van der Waals surface area contributed by atoms with Crippen LogP contribution in [0.5, 0.6) is 0 Å². The Labute approximate surface area is 179 Å². The molecule has 2 aliphatic heterocycles. The number of para-hydroxylation sites is 1. The van der Waals surface area contributed by atoms with Gasteiger partial charge >= 0.3 is 0 Å². The Kier molecular flexibility index (Phi) is 4.55. The molecule has 0 bridgehead atoms. The van der Waals surface area contributed by atoms with E-state index in [1.165, 1.54) is 23.9 Å². The first-order valence-electron chi connectivity index (χ1n) is 9.30. The fourth-order valence-corrected chi connectivity index (χ4v) is 3.89. The maximum atomic E-state index is 12.8. The van der Waals surface area contributed by atoms with Crippen molar-refractivity contribution in [1.29, 1.82) is 0 Å². The molecule has 5 rings (SSSR count). The second kappa shape index (κ2) is 7.40. The number of nitro benzene ring substituents is 1. The van der Waals surface area contributed by atoms with E-state index in [1.807, 2.05) is 30.5 Å². The third-order valence-corrected chi connectivity index (χ3v) is 5.50.